The molecule has 1 amide bonds. The molecule has 0 unspecified atom stereocenters. The van der Waals surface area contributed by atoms with Gasteiger partial charge in [-0.15, -0.1) is 0 Å². The van der Waals surface area contributed by atoms with Gasteiger partial charge < -0.3 is 9.30 Å². The fourth-order valence-electron chi connectivity index (χ4n) is 3.79. The number of amidine groups is 1. The van der Waals surface area contributed by atoms with Crippen molar-refractivity contribution in [2.45, 2.75) is 20.8 Å². The summed E-state index contributed by atoms with van der Waals surface area (Å²) in [5.74, 6) is -0.490. The first-order chi connectivity index (χ1) is 15.8. The van der Waals surface area contributed by atoms with Gasteiger partial charge in [-0.25, -0.2) is 9.79 Å². The Labute approximate surface area is 197 Å². The zero-order valence-electron chi connectivity index (χ0n) is 19.2. The van der Waals surface area contributed by atoms with Crippen LogP contribution >= 0.6 is 11.8 Å². The molecule has 7 heteroatoms. The topological polar surface area (TPSA) is 63.9 Å². The van der Waals surface area contributed by atoms with Crippen molar-refractivity contribution >= 4 is 40.6 Å². The number of thioether (sulfide) groups is 1. The number of esters is 1. The van der Waals surface area contributed by atoms with Crippen molar-refractivity contribution in [3.05, 3.63) is 87.6 Å². The van der Waals surface area contributed by atoms with Crippen LogP contribution < -0.4 is 0 Å². The van der Waals surface area contributed by atoms with Gasteiger partial charge in [0, 0.05) is 24.1 Å². The number of ether oxygens (including phenoxy) is 1. The Morgan fingerprint density at radius 1 is 1.06 bits per heavy atom. The van der Waals surface area contributed by atoms with E-state index in [0.717, 1.165) is 22.6 Å². The highest BCUT2D eigenvalue weighted by atomic mass is 32.2. The molecule has 0 spiro atoms. The lowest BCUT2D eigenvalue weighted by Crippen LogP contribution is -2.23. The number of hydrogen-bond acceptors (Lipinski definition) is 5. The summed E-state index contributed by atoms with van der Waals surface area (Å²) in [6.07, 6.45) is 1.93. The maximum Gasteiger partial charge on any atom is 0.337 e. The molecule has 1 fully saturated rings. The van der Waals surface area contributed by atoms with Crippen LogP contribution in [0.2, 0.25) is 0 Å². The Balaban J connectivity index is 1.63. The number of rotatable bonds is 4. The zero-order valence-corrected chi connectivity index (χ0v) is 20.1. The van der Waals surface area contributed by atoms with Gasteiger partial charge >= 0.3 is 5.97 Å². The molecule has 6 nitrogen and oxygen atoms in total. The molecular weight excluding hydrogens is 434 g/mol. The predicted molar refractivity (Wildman–Crippen MR) is 133 cm³/mol. The van der Waals surface area contributed by atoms with Gasteiger partial charge in [0.25, 0.3) is 5.91 Å². The number of carbonyl (C=O) groups excluding carboxylic acids is 2. The first-order valence-electron chi connectivity index (χ1n) is 10.5. The number of carbonyl (C=O) groups is 2. The number of nitrogens with zero attached hydrogens (tertiary/aromatic N) is 3. The number of benzene rings is 2. The van der Waals surface area contributed by atoms with Crippen molar-refractivity contribution in [1.82, 2.24) is 9.47 Å². The van der Waals surface area contributed by atoms with E-state index in [2.05, 4.69) is 54.6 Å². The summed E-state index contributed by atoms with van der Waals surface area (Å²) in [6.45, 7) is 6.21. The fraction of sp³-hybridized carbons (Fsp3) is 0.192. The van der Waals surface area contributed by atoms with E-state index in [1.165, 1.54) is 24.4 Å². The predicted octanol–water partition coefficient (Wildman–Crippen LogP) is 5.42. The molecule has 0 atom stereocenters. The average molecular weight is 460 g/mol. The van der Waals surface area contributed by atoms with Crippen LogP contribution in [0.5, 0.6) is 0 Å². The maximum atomic E-state index is 12.9. The normalized spacial score (nSPS) is 16.2. The van der Waals surface area contributed by atoms with Crippen LogP contribution in [0.25, 0.3) is 11.8 Å². The highest BCUT2D eigenvalue weighted by molar-refractivity contribution is 8.18. The monoisotopic (exact) mass is 459 g/mol. The molecule has 1 aliphatic heterocycles. The SMILES string of the molecule is COC(=O)c1ccc(N=C2S/C(=C/c3cc(C)n(-c4cccc(C)c4)c3C)C(=O)N2C)cc1. The third-order valence-corrected chi connectivity index (χ3v) is 6.59. The van der Waals surface area contributed by atoms with Crippen molar-refractivity contribution in [2.75, 3.05) is 14.2 Å². The van der Waals surface area contributed by atoms with Gasteiger partial charge in [-0.2, -0.15) is 0 Å². The fourth-order valence-corrected chi connectivity index (χ4v) is 4.77. The molecule has 0 aliphatic carbocycles. The molecule has 0 N–H and O–H groups in total. The average Bonchev–Trinajstić information content (AvgIpc) is 3.23. The first kappa shape index (κ1) is 22.6. The minimum atomic E-state index is -0.398. The van der Waals surface area contributed by atoms with Crippen LogP contribution in [0.3, 0.4) is 0 Å². The number of aryl methyl sites for hydroxylation is 2. The molecule has 2 aromatic carbocycles. The largest absolute Gasteiger partial charge is 0.465 e. The molecule has 3 aromatic rings. The second-order valence-corrected chi connectivity index (χ2v) is 8.92. The second-order valence-electron chi connectivity index (χ2n) is 7.91. The first-order valence-corrected chi connectivity index (χ1v) is 11.3. The number of aromatic nitrogens is 1. The summed E-state index contributed by atoms with van der Waals surface area (Å²) < 4.78 is 6.92. The molecule has 4 rings (SSSR count). The van der Waals surface area contributed by atoms with E-state index in [4.69, 9.17) is 4.74 Å². The maximum absolute atomic E-state index is 12.9. The van der Waals surface area contributed by atoms with Crippen LogP contribution in [0.15, 0.2) is 64.5 Å². The van der Waals surface area contributed by atoms with E-state index in [9.17, 15) is 9.59 Å². The Morgan fingerprint density at radius 3 is 2.45 bits per heavy atom. The van der Waals surface area contributed by atoms with Crippen LogP contribution in [-0.4, -0.2) is 40.7 Å². The number of aliphatic imine (C=N–C) groups is 1. The molecule has 1 aromatic heterocycles. The minimum absolute atomic E-state index is 0.0923. The van der Waals surface area contributed by atoms with Crippen molar-refractivity contribution in [3.8, 4) is 5.69 Å². The molecule has 0 saturated carbocycles. The summed E-state index contributed by atoms with van der Waals surface area (Å²) in [6, 6.07) is 17.2. The summed E-state index contributed by atoms with van der Waals surface area (Å²) in [7, 11) is 3.06. The Morgan fingerprint density at radius 2 is 1.79 bits per heavy atom. The summed E-state index contributed by atoms with van der Waals surface area (Å²) in [4.78, 5) is 31.3. The lowest BCUT2D eigenvalue weighted by Gasteiger charge is -2.10. The van der Waals surface area contributed by atoms with Crippen molar-refractivity contribution in [2.24, 2.45) is 4.99 Å². The van der Waals surface area contributed by atoms with Gasteiger partial charge in [-0.3, -0.25) is 9.69 Å². The van der Waals surface area contributed by atoms with Gasteiger partial charge in [-0.05, 0) is 92.2 Å². The van der Waals surface area contributed by atoms with E-state index < -0.39 is 5.97 Å². The molecule has 168 valence electrons. The number of amides is 1. The van der Waals surface area contributed by atoms with E-state index in [1.54, 1.807) is 36.2 Å². The van der Waals surface area contributed by atoms with Crippen molar-refractivity contribution in [1.29, 1.82) is 0 Å². The summed E-state index contributed by atoms with van der Waals surface area (Å²) in [5.41, 5.74) is 6.59. The zero-order chi connectivity index (χ0) is 23.7. The van der Waals surface area contributed by atoms with E-state index in [-0.39, 0.29) is 5.91 Å². The number of methoxy groups -OCH3 is 1. The highest BCUT2D eigenvalue weighted by Crippen LogP contribution is 2.34. The van der Waals surface area contributed by atoms with E-state index >= 15 is 0 Å². The standard InChI is InChI=1S/C26H25N3O3S/c1-16-7-6-8-22(13-16)29-17(2)14-20(18(29)3)15-23-24(30)28(4)26(33-23)27-21-11-9-19(10-12-21)25(31)32-5/h6-15H,1-5H3/b23-15+,27-26?. The van der Waals surface area contributed by atoms with Gasteiger partial charge in [0.2, 0.25) is 0 Å². The Bertz CT molecular complexity index is 1300. The third-order valence-electron chi connectivity index (χ3n) is 5.53. The second kappa shape index (κ2) is 9.11. The number of hydrogen-bond donors (Lipinski definition) is 0. The quantitative estimate of drug-likeness (QED) is 0.386. The Kier molecular flexibility index (Phi) is 6.24. The van der Waals surface area contributed by atoms with Crippen LogP contribution in [0, 0.1) is 20.8 Å². The summed E-state index contributed by atoms with van der Waals surface area (Å²) in [5, 5.41) is 0.588. The van der Waals surface area contributed by atoms with Crippen molar-refractivity contribution in [3.63, 3.8) is 0 Å². The molecule has 33 heavy (non-hydrogen) atoms. The molecule has 1 saturated heterocycles. The van der Waals surface area contributed by atoms with Crippen LogP contribution in [0.1, 0.15) is 32.9 Å². The molecule has 0 radical (unpaired) electrons. The van der Waals surface area contributed by atoms with Gasteiger partial charge in [0.05, 0.1) is 23.3 Å². The van der Waals surface area contributed by atoms with Gasteiger partial charge in [-0.1, -0.05) is 12.1 Å². The summed E-state index contributed by atoms with van der Waals surface area (Å²) >= 11 is 1.34. The van der Waals surface area contributed by atoms with Crippen LogP contribution in [0.4, 0.5) is 5.69 Å². The third kappa shape index (κ3) is 4.50. The number of likely N-dealkylation sites (N-methyl/N-ethyl adjacent to an activating group) is 1. The van der Waals surface area contributed by atoms with Crippen molar-refractivity contribution < 1.29 is 14.3 Å². The smallest absolute Gasteiger partial charge is 0.337 e. The minimum Gasteiger partial charge on any atom is -0.465 e. The molecule has 2 heterocycles. The van der Waals surface area contributed by atoms with Gasteiger partial charge in [0.15, 0.2) is 5.17 Å². The Hall–Kier alpha value is -3.58. The molecule has 1 aliphatic rings. The highest BCUT2D eigenvalue weighted by Gasteiger charge is 2.30. The lowest BCUT2D eigenvalue weighted by molar-refractivity contribution is -0.121. The van der Waals surface area contributed by atoms with E-state index in [0.29, 0.717) is 21.3 Å². The molecular formula is C26H25N3O3S. The van der Waals surface area contributed by atoms with Crippen LogP contribution in [-0.2, 0) is 9.53 Å². The van der Waals surface area contributed by atoms with E-state index in [1.807, 2.05) is 12.1 Å². The van der Waals surface area contributed by atoms with Gasteiger partial charge in [0.1, 0.15) is 0 Å². The lowest BCUT2D eigenvalue weighted by atomic mass is 10.2. The molecule has 0 bridgehead atoms.